The molecule has 7 heteroatoms. The van der Waals surface area contributed by atoms with Gasteiger partial charge >= 0.3 is 5.97 Å². The third-order valence-electron chi connectivity index (χ3n) is 6.35. The summed E-state index contributed by atoms with van der Waals surface area (Å²) in [5, 5.41) is 2.45. The van der Waals surface area contributed by atoms with Crippen LogP contribution in [0.4, 0.5) is 10.1 Å². The number of esters is 1. The van der Waals surface area contributed by atoms with Crippen LogP contribution < -0.4 is 5.32 Å². The van der Waals surface area contributed by atoms with Crippen LogP contribution in [-0.4, -0.2) is 29.1 Å². The van der Waals surface area contributed by atoms with Crippen LogP contribution in [0.3, 0.4) is 0 Å². The lowest BCUT2D eigenvalue weighted by molar-refractivity contribution is -0.168. The Labute approximate surface area is 168 Å². The number of halogens is 2. The average Bonchev–Trinajstić information content (AvgIpc) is 2.56. The first-order chi connectivity index (χ1) is 13.2. The maximum absolute atomic E-state index is 14.2. The quantitative estimate of drug-likeness (QED) is 0.453. The van der Waals surface area contributed by atoms with Crippen LogP contribution in [0, 0.1) is 23.1 Å². The monoisotopic (exact) mass is 407 g/mol. The topological polar surface area (TPSA) is 72.5 Å². The van der Waals surface area contributed by atoms with E-state index in [2.05, 4.69) is 5.32 Å². The van der Waals surface area contributed by atoms with E-state index in [1.54, 1.807) is 0 Å². The third-order valence-corrected chi connectivity index (χ3v) is 6.79. The van der Waals surface area contributed by atoms with Gasteiger partial charge in [-0.15, -0.1) is 11.6 Å². The van der Waals surface area contributed by atoms with E-state index in [4.69, 9.17) is 16.3 Å². The van der Waals surface area contributed by atoms with Crippen LogP contribution >= 0.6 is 11.6 Å². The molecule has 5 nitrogen and oxygen atoms in total. The number of carbonyl (C=O) groups is 3. The molecule has 0 saturated heterocycles. The highest BCUT2D eigenvalue weighted by atomic mass is 35.5. The summed E-state index contributed by atoms with van der Waals surface area (Å²) in [4.78, 5) is 35.9. The fourth-order valence-corrected chi connectivity index (χ4v) is 6.47. The number of alkyl halides is 1. The van der Waals surface area contributed by atoms with Crippen molar-refractivity contribution in [1.82, 2.24) is 0 Å². The van der Waals surface area contributed by atoms with Gasteiger partial charge in [0.1, 0.15) is 5.82 Å². The van der Waals surface area contributed by atoms with Crippen LogP contribution in [0.25, 0.3) is 0 Å². The SMILES string of the molecule is CC(=O)Nc1ccc(C(=O)COC(=O)C23C[C@@H]4C[C@@H](CC(Cl)(C4)C2)C3)c(F)c1. The summed E-state index contributed by atoms with van der Waals surface area (Å²) in [7, 11) is 0. The van der Waals surface area contributed by atoms with E-state index < -0.39 is 23.6 Å². The summed E-state index contributed by atoms with van der Waals surface area (Å²) in [5.74, 6) is -1.19. The van der Waals surface area contributed by atoms with Crippen molar-refractivity contribution in [3.63, 3.8) is 0 Å². The molecule has 4 aliphatic carbocycles. The minimum absolute atomic E-state index is 0.166. The van der Waals surface area contributed by atoms with Gasteiger partial charge in [-0.05, 0) is 68.6 Å². The highest BCUT2D eigenvalue weighted by molar-refractivity contribution is 6.24. The first-order valence-corrected chi connectivity index (χ1v) is 10.0. The Morgan fingerprint density at radius 2 is 1.89 bits per heavy atom. The van der Waals surface area contributed by atoms with Crippen LogP contribution in [0.5, 0.6) is 0 Å². The van der Waals surface area contributed by atoms with Crippen molar-refractivity contribution in [3.8, 4) is 0 Å². The molecule has 4 fully saturated rings. The fraction of sp³-hybridized carbons (Fsp3) is 0.571. The summed E-state index contributed by atoms with van der Waals surface area (Å²) < 4.78 is 19.6. The second kappa shape index (κ2) is 6.83. The van der Waals surface area contributed by atoms with Gasteiger partial charge in [-0.1, -0.05) is 0 Å². The lowest BCUT2D eigenvalue weighted by Crippen LogP contribution is -2.56. The molecular weight excluding hydrogens is 385 g/mol. The molecule has 2 unspecified atom stereocenters. The van der Waals surface area contributed by atoms with Gasteiger partial charge in [-0.3, -0.25) is 14.4 Å². The number of Topliss-reactive ketones (excluding diaryl/α,β-unsaturated/α-hetero) is 1. The summed E-state index contributed by atoms with van der Waals surface area (Å²) in [5.41, 5.74) is -0.499. The summed E-state index contributed by atoms with van der Waals surface area (Å²) >= 11 is 6.74. The van der Waals surface area contributed by atoms with E-state index >= 15 is 0 Å². The van der Waals surface area contributed by atoms with Crippen molar-refractivity contribution in [2.24, 2.45) is 17.3 Å². The van der Waals surface area contributed by atoms with E-state index in [1.807, 2.05) is 0 Å². The molecule has 1 N–H and O–H groups in total. The molecule has 0 aliphatic heterocycles. The number of hydrogen-bond donors (Lipinski definition) is 1. The molecule has 1 amide bonds. The largest absolute Gasteiger partial charge is 0.457 e. The highest BCUT2D eigenvalue weighted by Gasteiger charge is 2.60. The molecule has 4 atom stereocenters. The highest BCUT2D eigenvalue weighted by Crippen LogP contribution is 2.64. The molecule has 0 radical (unpaired) electrons. The van der Waals surface area contributed by atoms with Crippen LogP contribution in [-0.2, 0) is 14.3 Å². The van der Waals surface area contributed by atoms with Crippen molar-refractivity contribution in [3.05, 3.63) is 29.6 Å². The van der Waals surface area contributed by atoms with E-state index in [0.29, 0.717) is 18.3 Å². The van der Waals surface area contributed by atoms with E-state index in [0.717, 1.165) is 38.2 Å². The lowest BCUT2D eigenvalue weighted by Gasteiger charge is -2.58. The molecule has 1 aromatic rings. The van der Waals surface area contributed by atoms with Gasteiger partial charge in [0.05, 0.1) is 11.0 Å². The standard InChI is InChI=1S/C21H23ClFNO4/c1-12(25)24-15-2-3-16(17(23)5-15)18(26)10-28-19(27)20-6-13-4-14(7-20)9-21(22,8-13)11-20/h2-3,5,13-14H,4,6-11H2,1H3,(H,24,25)/t13-,14+,20?,21?. The molecule has 0 spiro atoms. The van der Waals surface area contributed by atoms with E-state index in [1.165, 1.54) is 19.1 Å². The van der Waals surface area contributed by atoms with Crippen molar-refractivity contribution in [1.29, 1.82) is 0 Å². The number of ether oxygens (including phenoxy) is 1. The minimum Gasteiger partial charge on any atom is -0.457 e. The van der Waals surface area contributed by atoms with Gasteiger partial charge in [-0.2, -0.15) is 0 Å². The molecule has 0 heterocycles. The molecular formula is C21H23ClFNO4. The van der Waals surface area contributed by atoms with Gasteiger partial charge < -0.3 is 10.1 Å². The molecule has 5 rings (SSSR count). The Morgan fingerprint density at radius 3 is 2.46 bits per heavy atom. The third kappa shape index (κ3) is 3.54. The molecule has 4 bridgehead atoms. The average molecular weight is 408 g/mol. The number of hydrogen-bond acceptors (Lipinski definition) is 4. The predicted molar refractivity (Wildman–Crippen MR) is 102 cm³/mol. The Hall–Kier alpha value is -1.95. The second-order valence-electron chi connectivity index (χ2n) is 8.77. The predicted octanol–water partition coefficient (Wildman–Crippen LogP) is 4.09. The van der Waals surface area contributed by atoms with E-state index in [-0.39, 0.29) is 28.0 Å². The second-order valence-corrected chi connectivity index (χ2v) is 9.57. The maximum Gasteiger partial charge on any atom is 0.312 e. The number of amides is 1. The molecule has 4 saturated carbocycles. The zero-order chi connectivity index (χ0) is 20.1. The number of anilines is 1. The zero-order valence-electron chi connectivity index (χ0n) is 15.7. The molecule has 1 aromatic carbocycles. The van der Waals surface area contributed by atoms with Crippen LogP contribution in [0.15, 0.2) is 18.2 Å². The number of carbonyl (C=O) groups excluding carboxylic acids is 3. The van der Waals surface area contributed by atoms with Crippen molar-refractivity contribution >= 4 is 34.9 Å². The Morgan fingerprint density at radius 1 is 1.21 bits per heavy atom. The van der Waals surface area contributed by atoms with Crippen LogP contribution in [0.2, 0.25) is 0 Å². The van der Waals surface area contributed by atoms with Crippen LogP contribution in [0.1, 0.15) is 55.8 Å². The maximum atomic E-state index is 14.2. The van der Waals surface area contributed by atoms with Gasteiger partial charge in [0, 0.05) is 17.5 Å². The van der Waals surface area contributed by atoms with Gasteiger partial charge in [0.25, 0.3) is 0 Å². The minimum atomic E-state index is -0.762. The first kappa shape index (κ1) is 19.4. The lowest BCUT2D eigenvalue weighted by atomic mass is 9.49. The summed E-state index contributed by atoms with van der Waals surface area (Å²) in [6, 6.07) is 3.80. The Balaban J connectivity index is 1.41. The van der Waals surface area contributed by atoms with E-state index in [9.17, 15) is 18.8 Å². The molecule has 28 heavy (non-hydrogen) atoms. The Bertz CT molecular complexity index is 841. The molecule has 150 valence electrons. The fourth-order valence-electron chi connectivity index (χ4n) is 5.77. The zero-order valence-corrected chi connectivity index (χ0v) is 16.5. The molecule has 0 aromatic heterocycles. The number of ketones is 1. The molecule has 4 aliphatic rings. The van der Waals surface area contributed by atoms with Gasteiger partial charge in [0.15, 0.2) is 6.61 Å². The van der Waals surface area contributed by atoms with Crippen molar-refractivity contribution in [2.45, 2.75) is 50.3 Å². The summed E-state index contributed by atoms with van der Waals surface area (Å²) in [6.45, 7) is 0.813. The van der Waals surface area contributed by atoms with Gasteiger partial charge in [0.2, 0.25) is 11.7 Å². The number of benzene rings is 1. The smallest absolute Gasteiger partial charge is 0.312 e. The Kier molecular flexibility index (Phi) is 4.73. The number of rotatable bonds is 5. The van der Waals surface area contributed by atoms with Crippen molar-refractivity contribution in [2.75, 3.05) is 11.9 Å². The first-order valence-electron chi connectivity index (χ1n) is 9.65. The summed E-state index contributed by atoms with van der Waals surface area (Å²) in [6.07, 6.45) is 5.15. The van der Waals surface area contributed by atoms with Crippen molar-refractivity contribution < 1.29 is 23.5 Å². The number of nitrogens with one attached hydrogen (secondary N) is 1. The normalized spacial score (nSPS) is 32.8. The van der Waals surface area contributed by atoms with Gasteiger partial charge in [-0.25, -0.2) is 4.39 Å².